The van der Waals surface area contributed by atoms with Gasteiger partial charge in [0.1, 0.15) is 5.75 Å². The van der Waals surface area contributed by atoms with Crippen molar-refractivity contribution in [1.82, 2.24) is 0 Å². The Morgan fingerprint density at radius 2 is 2.07 bits per heavy atom. The molecule has 82 valence electrons. The average molecular weight is 208 g/mol. The maximum absolute atomic E-state index is 9.36. The van der Waals surface area contributed by atoms with E-state index in [0.29, 0.717) is 0 Å². The molecule has 2 N–H and O–H groups in total. The molecule has 0 saturated heterocycles. The van der Waals surface area contributed by atoms with Gasteiger partial charge in [-0.1, -0.05) is 13.3 Å². The summed E-state index contributed by atoms with van der Waals surface area (Å²) in [4.78, 5) is 0. The highest BCUT2D eigenvalue weighted by molar-refractivity contribution is 5.49. The van der Waals surface area contributed by atoms with Gasteiger partial charge in [0, 0.05) is 6.07 Å². The number of aryl methyl sites for hydroxylation is 1. The number of phenols is 2. The zero-order valence-electron chi connectivity index (χ0n) is 8.86. The molecule has 3 nitrogen and oxygen atoms in total. The van der Waals surface area contributed by atoms with Gasteiger partial charge in [-0.2, -0.15) is 0 Å². The number of hydrogen-bond acceptors (Lipinski definition) is 3. The van der Waals surface area contributed by atoms with Crippen LogP contribution in [-0.4, -0.2) is 16.3 Å². The number of phenolic OH excluding ortho intramolecular Hbond substituents is 2. The predicted octanol–water partition coefficient (Wildman–Crippen LogP) is 2.59. The third-order valence-corrected chi connectivity index (χ3v) is 2.80. The molecule has 0 radical (unpaired) electrons. The Hall–Kier alpha value is -1.38. The summed E-state index contributed by atoms with van der Waals surface area (Å²) in [6.07, 6.45) is 4.30. The maximum Gasteiger partial charge on any atom is 0.161 e. The number of rotatable bonds is 2. The van der Waals surface area contributed by atoms with Crippen molar-refractivity contribution >= 4 is 0 Å². The van der Waals surface area contributed by atoms with Gasteiger partial charge in [0.05, 0.1) is 6.10 Å². The summed E-state index contributed by atoms with van der Waals surface area (Å²) in [5.74, 6) is 0.548. The van der Waals surface area contributed by atoms with E-state index in [0.717, 1.165) is 37.0 Å². The van der Waals surface area contributed by atoms with Crippen molar-refractivity contribution < 1.29 is 14.9 Å². The third-order valence-electron chi connectivity index (χ3n) is 2.80. The molecule has 0 fully saturated rings. The molecule has 1 unspecified atom stereocenters. The monoisotopic (exact) mass is 208 g/mol. The van der Waals surface area contributed by atoms with Crippen molar-refractivity contribution in [2.45, 2.75) is 38.7 Å². The largest absolute Gasteiger partial charge is 0.504 e. The zero-order chi connectivity index (χ0) is 10.8. The second-order valence-corrected chi connectivity index (χ2v) is 4.02. The molecular formula is C12H16O3. The number of benzene rings is 1. The van der Waals surface area contributed by atoms with Crippen LogP contribution >= 0.6 is 0 Å². The van der Waals surface area contributed by atoms with Gasteiger partial charge in [-0.25, -0.2) is 0 Å². The molecule has 0 aliphatic carbocycles. The van der Waals surface area contributed by atoms with E-state index >= 15 is 0 Å². The Balaban J connectivity index is 2.22. The molecule has 1 aromatic carbocycles. The topological polar surface area (TPSA) is 49.7 Å². The van der Waals surface area contributed by atoms with Crippen LogP contribution in [0.3, 0.4) is 0 Å². The van der Waals surface area contributed by atoms with E-state index in [4.69, 9.17) is 4.74 Å². The zero-order valence-corrected chi connectivity index (χ0v) is 8.86. The third kappa shape index (κ3) is 2.01. The number of aromatic hydroxyl groups is 2. The fraction of sp³-hybridized carbons (Fsp3) is 0.500. The van der Waals surface area contributed by atoms with Crippen LogP contribution in [0.2, 0.25) is 0 Å². The van der Waals surface area contributed by atoms with E-state index in [1.165, 1.54) is 6.07 Å². The number of fused-ring (bicyclic) bond motifs is 1. The molecule has 0 aromatic heterocycles. The van der Waals surface area contributed by atoms with E-state index in [-0.39, 0.29) is 17.6 Å². The second-order valence-electron chi connectivity index (χ2n) is 4.02. The molecule has 3 heteroatoms. The lowest BCUT2D eigenvalue weighted by Crippen LogP contribution is -2.22. The molecule has 15 heavy (non-hydrogen) atoms. The van der Waals surface area contributed by atoms with Gasteiger partial charge < -0.3 is 14.9 Å². The number of ether oxygens (including phenoxy) is 1. The Morgan fingerprint density at radius 1 is 1.33 bits per heavy atom. The van der Waals surface area contributed by atoms with Crippen molar-refractivity contribution in [1.29, 1.82) is 0 Å². The molecule has 1 aromatic rings. The van der Waals surface area contributed by atoms with E-state index in [1.807, 2.05) is 0 Å². The van der Waals surface area contributed by atoms with Crippen LogP contribution in [0.5, 0.6) is 17.2 Å². The van der Waals surface area contributed by atoms with Crippen LogP contribution < -0.4 is 4.74 Å². The Bertz CT molecular complexity index is 360. The summed E-state index contributed by atoms with van der Waals surface area (Å²) in [5, 5.41) is 18.7. The average Bonchev–Trinajstić information content (AvgIpc) is 2.21. The summed E-state index contributed by atoms with van der Waals surface area (Å²) >= 11 is 0. The molecule has 1 aliphatic heterocycles. The minimum absolute atomic E-state index is 0.0636. The van der Waals surface area contributed by atoms with Gasteiger partial charge in [-0.15, -0.1) is 0 Å². The molecular weight excluding hydrogens is 192 g/mol. The van der Waals surface area contributed by atoms with Crippen LogP contribution in [0.1, 0.15) is 31.7 Å². The quantitative estimate of drug-likeness (QED) is 0.734. The molecule has 0 spiro atoms. The van der Waals surface area contributed by atoms with E-state index in [2.05, 4.69) is 6.92 Å². The second kappa shape index (κ2) is 4.01. The lowest BCUT2D eigenvalue weighted by Gasteiger charge is -2.26. The van der Waals surface area contributed by atoms with Gasteiger partial charge in [0.2, 0.25) is 0 Å². The maximum atomic E-state index is 9.36. The molecule has 0 amide bonds. The predicted molar refractivity (Wildman–Crippen MR) is 57.4 cm³/mol. The summed E-state index contributed by atoms with van der Waals surface area (Å²) in [7, 11) is 0. The van der Waals surface area contributed by atoms with Crippen molar-refractivity contribution in [2.75, 3.05) is 0 Å². The van der Waals surface area contributed by atoms with Crippen LogP contribution in [0.4, 0.5) is 0 Å². The van der Waals surface area contributed by atoms with Gasteiger partial charge in [-0.05, 0) is 30.9 Å². The Labute approximate surface area is 89.3 Å². The highest BCUT2D eigenvalue weighted by Crippen LogP contribution is 2.37. The normalized spacial score (nSPS) is 19.4. The Morgan fingerprint density at radius 3 is 2.80 bits per heavy atom. The first-order chi connectivity index (χ1) is 7.20. The lowest BCUT2D eigenvalue weighted by molar-refractivity contribution is 0.162. The van der Waals surface area contributed by atoms with Crippen LogP contribution in [0, 0.1) is 0 Å². The van der Waals surface area contributed by atoms with Crippen molar-refractivity contribution in [3.8, 4) is 17.2 Å². The fourth-order valence-electron chi connectivity index (χ4n) is 1.99. The van der Waals surface area contributed by atoms with Crippen molar-refractivity contribution in [2.24, 2.45) is 0 Å². The Kier molecular flexibility index (Phi) is 2.71. The molecule has 1 atom stereocenters. The van der Waals surface area contributed by atoms with Gasteiger partial charge in [0.15, 0.2) is 11.5 Å². The minimum atomic E-state index is -0.106. The van der Waals surface area contributed by atoms with Gasteiger partial charge >= 0.3 is 0 Å². The summed E-state index contributed by atoms with van der Waals surface area (Å²) in [5.41, 5.74) is 0.984. The standard InChI is InChI=1S/C12H16O3/c1-2-3-9-5-4-8-6-10(13)11(14)7-12(8)15-9/h6-7,9,13-14H,2-5H2,1H3. The van der Waals surface area contributed by atoms with Gasteiger partial charge in [0.25, 0.3) is 0 Å². The van der Waals surface area contributed by atoms with Crippen LogP contribution in [-0.2, 0) is 6.42 Å². The summed E-state index contributed by atoms with van der Waals surface area (Å²) in [6, 6.07) is 3.10. The van der Waals surface area contributed by atoms with Crippen LogP contribution in [0.25, 0.3) is 0 Å². The van der Waals surface area contributed by atoms with E-state index < -0.39 is 0 Å². The highest BCUT2D eigenvalue weighted by Gasteiger charge is 2.20. The molecule has 0 saturated carbocycles. The molecule has 0 bridgehead atoms. The molecule has 2 rings (SSSR count). The smallest absolute Gasteiger partial charge is 0.161 e. The molecule has 1 heterocycles. The fourth-order valence-corrected chi connectivity index (χ4v) is 1.99. The highest BCUT2D eigenvalue weighted by atomic mass is 16.5. The van der Waals surface area contributed by atoms with Crippen molar-refractivity contribution in [3.05, 3.63) is 17.7 Å². The lowest BCUT2D eigenvalue weighted by atomic mass is 9.99. The first kappa shape index (κ1) is 10.1. The molecule has 1 aliphatic rings. The first-order valence-corrected chi connectivity index (χ1v) is 5.42. The summed E-state index contributed by atoms with van der Waals surface area (Å²) in [6.45, 7) is 2.13. The van der Waals surface area contributed by atoms with Crippen LogP contribution in [0.15, 0.2) is 12.1 Å². The first-order valence-electron chi connectivity index (χ1n) is 5.42. The minimum Gasteiger partial charge on any atom is -0.504 e. The SMILES string of the molecule is CCCC1CCc2cc(O)c(O)cc2O1. The number of hydrogen-bond donors (Lipinski definition) is 2. The van der Waals surface area contributed by atoms with E-state index in [1.54, 1.807) is 6.07 Å². The van der Waals surface area contributed by atoms with E-state index in [9.17, 15) is 10.2 Å². The summed E-state index contributed by atoms with van der Waals surface area (Å²) < 4.78 is 5.74. The van der Waals surface area contributed by atoms with Gasteiger partial charge in [-0.3, -0.25) is 0 Å². The van der Waals surface area contributed by atoms with Crippen molar-refractivity contribution in [3.63, 3.8) is 0 Å².